The summed E-state index contributed by atoms with van der Waals surface area (Å²) in [7, 11) is 0. The molecule has 30 heavy (non-hydrogen) atoms. The van der Waals surface area contributed by atoms with Gasteiger partial charge in [-0.1, -0.05) is 35.5 Å². The molecule has 1 atom stereocenters. The molecule has 0 spiro atoms. The van der Waals surface area contributed by atoms with E-state index in [9.17, 15) is 9.18 Å². The molecule has 0 saturated carbocycles. The molecule has 0 fully saturated rings. The number of nitrogens with one attached hydrogen (secondary N) is 1. The molecule has 1 heterocycles. The first-order chi connectivity index (χ1) is 14.5. The molecule has 1 amide bonds. The van der Waals surface area contributed by atoms with Crippen LogP contribution in [0.5, 0.6) is 5.75 Å². The molecular formula is C22H23FN4O2S. The van der Waals surface area contributed by atoms with Gasteiger partial charge in [0.15, 0.2) is 17.1 Å². The Morgan fingerprint density at radius 2 is 1.93 bits per heavy atom. The number of carbonyl (C=O) groups excluding carboxylic acids is 1. The van der Waals surface area contributed by atoms with E-state index in [1.807, 2.05) is 42.7 Å². The van der Waals surface area contributed by atoms with Gasteiger partial charge in [0.05, 0.1) is 5.75 Å². The van der Waals surface area contributed by atoms with Crippen LogP contribution in [0.4, 0.5) is 10.1 Å². The largest absolute Gasteiger partial charge is 0.483 e. The fourth-order valence-electron chi connectivity index (χ4n) is 2.74. The van der Waals surface area contributed by atoms with Crippen molar-refractivity contribution in [1.82, 2.24) is 14.8 Å². The van der Waals surface area contributed by atoms with Crippen molar-refractivity contribution in [3.8, 4) is 5.75 Å². The average Bonchev–Trinajstić information content (AvgIpc) is 3.13. The highest BCUT2D eigenvalue weighted by molar-refractivity contribution is 7.99. The first-order valence-corrected chi connectivity index (χ1v) is 10.4. The number of nitrogens with zero attached hydrogens (tertiary/aromatic N) is 3. The van der Waals surface area contributed by atoms with Crippen molar-refractivity contribution >= 4 is 23.4 Å². The maximum atomic E-state index is 13.1. The third-order valence-electron chi connectivity index (χ3n) is 4.21. The first-order valence-electron chi connectivity index (χ1n) is 9.42. The van der Waals surface area contributed by atoms with Crippen LogP contribution in [0.15, 0.2) is 66.3 Å². The quantitative estimate of drug-likeness (QED) is 0.394. The predicted molar refractivity (Wildman–Crippen MR) is 116 cm³/mol. The summed E-state index contributed by atoms with van der Waals surface area (Å²) in [5, 5.41) is 11.9. The summed E-state index contributed by atoms with van der Waals surface area (Å²) >= 11 is 1.29. The summed E-state index contributed by atoms with van der Waals surface area (Å²) in [5.74, 6) is 0.863. The van der Waals surface area contributed by atoms with Crippen LogP contribution in [-0.4, -0.2) is 26.4 Å². The maximum absolute atomic E-state index is 13.1. The smallest absolute Gasteiger partial charge is 0.234 e. The monoisotopic (exact) mass is 426 g/mol. The Morgan fingerprint density at radius 1 is 1.23 bits per heavy atom. The first kappa shape index (κ1) is 21.6. The summed E-state index contributed by atoms with van der Waals surface area (Å²) in [6.45, 7) is 8.09. The van der Waals surface area contributed by atoms with Gasteiger partial charge < -0.3 is 10.1 Å². The summed E-state index contributed by atoms with van der Waals surface area (Å²) in [4.78, 5) is 12.3. The van der Waals surface area contributed by atoms with E-state index in [2.05, 4.69) is 22.1 Å². The van der Waals surface area contributed by atoms with Gasteiger partial charge >= 0.3 is 0 Å². The number of aromatic nitrogens is 3. The lowest BCUT2D eigenvalue weighted by molar-refractivity contribution is -0.113. The number of allylic oxidation sites excluding steroid dienone is 1. The van der Waals surface area contributed by atoms with Crippen molar-refractivity contribution in [3.63, 3.8) is 0 Å². The van der Waals surface area contributed by atoms with Gasteiger partial charge in [0, 0.05) is 12.2 Å². The lowest BCUT2D eigenvalue weighted by atomic mass is 10.2. The fraction of sp³-hybridized carbons (Fsp3) is 0.227. The zero-order chi connectivity index (χ0) is 21.5. The van der Waals surface area contributed by atoms with E-state index >= 15 is 0 Å². The Balaban J connectivity index is 1.65. The van der Waals surface area contributed by atoms with Gasteiger partial charge in [-0.25, -0.2) is 4.39 Å². The lowest BCUT2D eigenvalue weighted by Gasteiger charge is -2.15. The Hall–Kier alpha value is -3.13. The number of ether oxygens (including phenoxy) is 1. The van der Waals surface area contributed by atoms with Crippen molar-refractivity contribution in [2.75, 3.05) is 11.1 Å². The van der Waals surface area contributed by atoms with E-state index in [1.165, 1.54) is 23.9 Å². The van der Waals surface area contributed by atoms with Gasteiger partial charge in [-0.3, -0.25) is 9.36 Å². The number of anilines is 1. The number of hydrogen-bond acceptors (Lipinski definition) is 5. The molecule has 1 aromatic heterocycles. The number of carbonyl (C=O) groups is 1. The number of aryl methyl sites for hydroxylation is 1. The molecule has 1 N–H and O–H groups in total. The molecule has 0 aliphatic heterocycles. The highest BCUT2D eigenvalue weighted by atomic mass is 32.2. The molecular weight excluding hydrogens is 403 g/mol. The number of amides is 1. The Morgan fingerprint density at radius 3 is 2.60 bits per heavy atom. The van der Waals surface area contributed by atoms with Crippen molar-refractivity contribution in [2.45, 2.75) is 31.7 Å². The number of rotatable bonds is 9. The van der Waals surface area contributed by atoms with Crippen LogP contribution in [-0.2, 0) is 11.3 Å². The van der Waals surface area contributed by atoms with Crippen molar-refractivity contribution in [2.24, 2.45) is 0 Å². The molecule has 0 radical (unpaired) electrons. The number of thioether (sulfide) groups is 1. The van der Waals surface area contributed by atoms with E-state index < -0.39 is 6.10 Å². The summed E-state index contributed by atoms with van der Waals surface area (Å²) in [6.07, 6.45) is 1.31. The second-order valence-electron chi connectivity index (χ2n) is 6.66. The van der Waals surface area contributed by atoms with Crippen LogP contribution in [0.2, 0.25) is 0 Å². The number of benzene rings is 2. The summed E-state index contributed by atoms with van der Waals surface area (Å²) in [5.41, 5.74) is 1.88. The Bertz CT molecular complexity index is 1000. The number of halogens is 1. The summed E-state index contributed by atoms with van der Waals surface area (Å²) in [6, 6.07) is 13.4. The topological polar surface area (TPSA) is 69.0 Å². The zero-order valence-electron chi connectivity index (χ0n) is 16.8. The molecule has 2 aromatic carbocycles. The third-order valence-corrected chi connectivity index (χ3v) is 5.18. The van der Waals surface area contributed by atoms with E-state index in [0.29, 0.717) is 23.3 Å². The average molecular weight is 427 g/mol. The molecule has 6 nitrogen and oxygen atoms in total. The molecule has 0 aliphatic carbocycles. The Kier molecular flexibility index (Phi) is 7.24. The van der Waals surface area contributed by atoms with Gasteiger partial charge in [-0.2, -0.15) is 0 Å². The van der Waals surface area contributed by atoms with Crippen molar-refractivity contribution < 1.29 is 13.9 Å². The fourth-order valence-corrected chi connectivity index (χ4v) is 3.50. The van der Waals surface area contributed by atoms with Gasteiger partial charge in [0.1, 0.15) is 11.6 Å². The van der Waals surface area contributed by atoms with E-state index in [0.717, 1.165) is 11.3 Å². The molecule has 0 aliphatic rings. The minimum absolute atomic E-state index is 0.130. The van der Waals surface area contributed by atoms with Crippen LogP contribution >= 0.6 is 11.8 Å². The van der Waals surface area contributed by atoms with Gasteiger partial charge in [0.25, 0.3) is 0 Å². The summed E-state index contributed by atoms with van der Waals surface area (Å²) < 4.78 is 20.8. The normalized spacial score (nSPS) is 11.7. The van der Waals surface area contributed by atoms with Crippen molar-refractivity contribution in [3.05, 3.63) is 78.4 Å². The third kappa shape index (κ3) is 5.70. The predicted octanol–water partition coefficient (Wildman–Crippen LogP) is 4.78. The van der Waals surface area contributed by atoms with E-state index in [-0.39, 0.29) is 17.5 Å². The molecule has 3 aromatic rings. The van der Waals surface area contributed by atoms with Crippen molar-refractivity contribution in [1.29, 1.82) is 0 Å². The molecule has 8 heteroatoms. The molecule has 0 bridgehead atoms. The van der Waals surface area contributed by atoms with Crippen LogP contribution in [0, 0.1) is 12.7 Å². The van der Waals surface area contributed by atoms with Gasteiger partial charge in [-0.05, 0) is 50.2 Å². The van der Waals surface area contributed by atoms with Crippen LogP contribution < -0.4 is 10.1 Å². The second-order valence-corrected chi connectivity index (χ2v) is 7.60. The SMILES string of the molecule is C=CCn1c(SCC(=O)Nc2ccc(C)cc2)nnc1C(C)Oc1ccc(F)cc1. The minimum atomic E-state index is -0.418. The number of hydrogen-bond donors (Lipinski definition) is 1. The maximum Gasteiger partial charge on any atom is 0.234 e. The lowest BCUT2D eigenvalue weighted by Crippen LogP contribution is -2.15. The highest BCUT2D eigenvalue weighted by Gasteiger charge is 2.20. The van der Waals surface area contributed by atoms with Gasteiger partial charge in [0.2, 0.25) is 5.91 Å². The van der Waals surface area contributed by atoms with Crippen LogP contribution in [0.25, 0.3) is 0 Å². The van der Waals surface area contributed by atoms with Gasteiger partial charge in [-0.15, -0.1) is 16.8 Å². The van der Waals surface area contributed by atoms with E-state index in [4.69, 9.17) is 4.74 Å². The second kappa shape index (κ2) is 10.1. The molecule has 0 saturated heterocycles. The molecule has 156 valence electrons. The zero-order valence-corrected chi connectivity index (χ0v) is 17.7. The van der Waals surface area contributed by atoms with E-state index in [1.54, 1.807) is 18.2 Å². The van der Waals surface area contributed by atoms with Crippen LogP contribution in [0.1, 0.15) is 24.4 Å². The van der Waals surface area contributed by atoms with Crippen LogP contribution in [0.3, 0.4) is 0 Å². The minimum Gasteiger partial charge on any atom is -0.483 e. The Labute approximate surface area is 179 Å². The molecule has 3 rings (SSSR count). The molecule has 1 unspecified atom stereocenters. The standard InChI is InChI=1S/C22H23FN4O2S/c1-4-13-27-21(16(3)29-19-11-7-17(23)8-12-19)25-26-22(27)30-14-20(28)24-18-9-5-15(2)6-10-18/h4-12,16H,1,13-14H2,2-3H3,(H,24,28). The highest BCUT2D eigenvalue weighted by Crippen LogP contribution is 2.25.